The van der Waals surface area contributed by atoms with Crippen LogP contribution < -0.4 is 39.6 Å². The fourth-order valence-electron chi connectivity index (χ4n) is 2.65. The van der Waals surface area contributed by atoms with Crippen LogP contribution in [0.3, 0.4) is 0 Å². The molecule has 25 heavy (non-hydrogen) atoms. The van der Waals surface area contributed by atoms with Gasteiger partial charge in [-0.15, -0.1) is 0 Å². The smallest absolute Gasteiger partial charge is 0.550 e. The summed E-state index contributed by atoms with van der Waals surface area (Å²) in [5.41, 5.74) is 3.30. The molecule has 1 aromatic heterocycles. The van der Waals surface area contributed by atoms with Gasteiger partial charge < -0.3 is 25.0 Å². The summed E-state index contributed by atoms with van der Waals surface area (Å²) in [5.74, 6) is -1.08. The van der Waals surface area contributed by atoms with Crippen LogP contribution >= 0.6 is 11.6 Å². The van der Waals surface area contributed by atoms with Gasteiger partial charge in [0.05, 0.1) is 27.5 Å². The number of benzene rings is 1. The second-order valence-corrected chi connectivity index (χ2v) is 5.68. The van der Waals surface area contributed by atoms with Crippen LogP contribution in [0, 0.1) is 11.3 Å². The Labute approximate surface area is 172 Å². The topological polar surface area (TPSA) is 116 Å². The number of anilines is 1. The number of aromatic nitrogens is 1. The molecule has 1 aliphatic heterocycles. The average Bonchev–Trinajstić information content (AvgIpc) is 3.00. The van der Waals surface area contributed by atoms with Crippen molar-refractivity contribution < 1.29 is 44.7 Å². The minimum Gasteiger partial charge on any atom is -0.550 e. The molecule has 126 valence electrons. The summed E-state index contributed by atoms with van der Waals surface area (Å²) in [7, 11) is 0. The number of aromatic amines is 1. The number of H-pyrrole nitrogens is 1. The van der Waals surface area contributed by atoms with E-state index in [1.54, 1.807) is 6.20 Å². The van der Waals surface area contributed by atoms with Crippen LogP contribution in [0.4, 0.5) is 5.69 Å². The third-order valence-electron chi connectivity index (χ3n) is 3.71. The molecule has 3 rings (SSSR count). The van der Waals surface area contributed by atoms with Gasteiger partial charge in [0.15, 0.2) is 0 Å². The van der Waals surface area contributed by atoms with E-state index in [9.17, 15) is 0 Å². The van der Waals surface area contributed by atoms with Crippen molar-refractivity contribution >= 4 is 39.9 Å². The Kier molecular flexibility index (Phi) is 8.26. The van der Waals surface area contributed by atoms with Crippen LogP contribution in [-0.4, -0.2) is 35.0 Å². The Bertz CT molecular complexity index is 815. The Morgan fingerprint density at radius 2 is 2.04 bits per heavy atom. The number of carbonyl (C=O) groups is 1. The molecule has 1 aliphatic rings. The number of carboxylic acids is 1. The second kappa shape index (κ2) is 9.68. The predicted octanol–water partition coefficient (Wildman–Crippen LogP) is -1.12. The maximum absolute atomic E-state index is 9.13. The van der Waals surface area contributed by atoms with Gasteiger partial charge in [-0.3, -0.25) is 0 Å². The molecule has 0 saturated carbocycles. The van der Waals surface area contributed by atoms with E-state index >= 15 is 0 Å². The minimum atomic E-state index is -1.08. The molecule has 0 unspecified atom stereocenters. The standard InChI is InChI=1S/C14H13ClN4O.C2H4O2.Na/c15-11-1-2-12(14-13(11)9(7-16)8-17-14)19-5-3-10(18-20)4-6-19;1-2(3)4;/h1-2,8,17,20H,3-6H2;1H3,(H,3,4);/q;;+1/p-1. The number of hydrogen-bond acceptors (Lipinski definition) is 6. The SMILES string of the molecule is CC(=O)[O-].N#Cc1c[nH]c2c(N3CCC(=NO)CC3)ccc(Cl)c12.[Na+]. The average molecular weight is 371 g/mol. The monoisotopic (exact) mass is 370 g/mol. The van der Waals surface area contributed by atoms with Crippen molar-refractivity contribution in [3.8, 4) is 6.07 Å². The van der Waals surface area contributed by atoms with Crippen LogP contribution in [0.1, 0.15) is 25.3 Å². The number of fused-ring (bicyclic) bond motifs is 1. The molecule has 2 N–H and O–H groups in total. The molecule has 0 spiro atoms. The number of carboxylic acid groups (broad SMARTS) is 1. The molecule has 0 radical (unpaired) electrons. The molecule has 1 aromatic carbocycles. The van der Waals surface area contributed by atoms with Crippen LogP contribution in [0.2, 0.25) is 5.02 Å². The van der Waals surface area contributed by atoms with Gasteiger partial charge in [0.1, 0.15) is 6.07 Å². The van der Waals surface area contributed by atoms with Crippen LogP contribution in [-0.2, 0) is 4.79 Å². The van der Waals surface area contributed by atoms with Gasteiger partial charge in [-0.2, -0.15) is 5.26 Å². The first-order chi connectivity index (χ1) is 11.5. The predicted molar refractivity (Wildman–Crippen MR) is 89.4 cm³/mol. The number of piperidine rings is 1. The number of nitrogens with zero attached hydrogens (tertiary/aromatic N) is 3. The van der Waals surface area contributed by atoms with E-state index in [1.165, 1.54) is 0 Å². The molecule has 2 heterocycles. The molecule has 7 nitrogen and oxygen atoms in total. The van der Waals surface area contributed by atoms with Gasteiger partial charge in [-0.1, -0.05) is 16.8 Å². The molecule has 9 heteroatoms. The molecular weight excluding hydrogens is 355 g/mol. The van der Waals surface area contributed by atoms with Crippen molar-refractivity contribution in [2.45, 2.75) is 19.8 Å². The first kappa shape index (κ1) is 21.3. The second-order valence-electron chi connectivity index (χ2n) is 5.28. The van der Waals surface area contributed by atoms with Crippen molar-refractivity contribution in [1.29, 1.82) is 5.26 Å². The number of rotatable bonds is 1. The number of halogens is 1. The molecule has 1 fully saturated rings. The van der Waals surface area contributed by atoms with Crippen LogP contribution in [0.15, 0.2) is 23.5 Å². The molecule has 0 aliphatic carbocycles. The summed E-state index contributed by atoms with van der Waals surface area (Å²) in [6, 6.07) is 5.94. The summed E-state index contributed by atoms with van der Waals surface area (Å²) in [6.07, 6.45) is 3.17. The van der Waals surface area contributed by atoms with E-state index in [-0.39, 0.29) is 29.6 Å². The van der Waals surface area contributed by atoms with Crippen molar-refractivity contribution in [2.24, 2.45) is 5.16 Å². The Morgan fingerprint density at radius 1 is 1.44 bits per heavy atom. The third kappa shape index (κ3) is 5.13. The number of oxime groups is 1. The molecule has 0 bridgehead atoms. The molecule has 2 aromatic rings. The third-order valence-corrected chi connectivity index (χ3v) is 4.02. The summed E-state index contributed by atoms with van der Waals surface area (Å²) in [4.78, 5) is 14.2. The van der Waals surface area contributed by atoms with Crippen molar-refractivity contribution in [3.63, 3.8) is 0 Å². The minimum absolute atomic E-state index is 0. The maximum Gasteiger partial charge on any atom is 1.00 e. The zero-order valence-corrected chi connectivity index (χ0v) is 16.8. The number of nitriles is 1. The molecular formula is C16H16ClN4NaO3. The van der Waals surface area contributed by atoms with E-state index in [1.807, 2.05) is 12.1 Å². The molecule has 1 saturated heterocycles. The summed E-state index contributed by atoms with van der Waals surface area (Å²) in [6.45, 7) is 2.55. The molecule has 0 amide bonds. The first-order valence-electron chi connectivity index (χ1n) is 7.30. The fourth-order valence-corrected chi connectivity index (χ4v) is 2.91. The van der Waals surface area contributed by atoms with Crippen LogP contribution in [0.5, 0.6) is 0 Å². The Hall–Kier alpha value is -1.72. The summed E-state index contributed by atoms with van der Waals surface area (Å²) < 4.78 is 0. The Morgan fingerprint density at radius 3 is 2.56 bits per heavy atom. The van der Waals surface area contributed by atoms with Crippen LogP contribution in [0.25, 0.3) is 10.9 Å². The van der Waals surface area contributed by atoms with Gasteiger partial charge >= 0.3 is 29.6 Å². The van der Waals surface area contributed by atoms with E-state index in [0.29, 0.717) is 10.6 Å². The zero-order chi connectivity index (χ0) is 17.7. The zero-order valence-electron chi connectivity index (χ0n) is 14.0. The van der Waals surface area contributed by atoms with Crippen molar-refractivity contribution in [1.82, 2.24) is 4.98 Å². The van der Waals surface area contributed by atoms with E-state index < -0.39 is 5.97 Å². The van der Waals surface area contributed by atoms with E-state index in [0.717, 1.165) is 55.2 Å². The summed E-state index contributed by atoms with van der Waals surface area (Å²) in [5, 5.41) is 31.5. The van der Waals surface area contributed by atoms with Gasteiger partial charge in [-0.05, 0) is 19.1 Å². The fraction of sp³-hybridized carbons (Fsp3) is 0.312. The quantitative estimate of drug-likeness (QED) is 0.375. The first-order valence-corrected chi connectivity index (χ1v) is 7.67. The van der Waals surface area contributed by atoms with Gasteiger partial charge in [-0.25, -0.2) is 0 Å². The largest absolute Gasteiger partial charge is 1.00 e. The number of nitrogens with one attached hydrogen (secondary N) is 1. The van der Waals surface area contributed by atoms with Gasteiger partial charge in [0.2, 0.25) is 0 Å². The molecule has 0 atom stereocenters. The van der Waals surface area contributed by atoms with Crippen molar-refractivity contribution in [3.05, 3.63) is 28.9 Å². The number of aliphatic carboxylic acids is 1. The number of carbonyl (C=O) groups excluding carboxylic acids is 1. The number of hydrogen-bond donors (Lipinski definition) is 2. The van der Waals surface area contributed by atoms with E-state index in [2.05, 4.69) is 21.1 Å². The van der Waals surface area contributed by atoms with Gasteiger partial charge in [0, 0.05) is 43.5 Å². The Balaban J connectivity index is 0.000000568. The van der Waals surface area contributed by atoms with Gasteiger partial charge in [0.25, 0.3) is 0 Å². The maximum atomic E-state index is 9.13. The van der Waals surface area contributed by atoms with Crippen molar-refractivity contribution in [2.75, 3.05) is 18.0 Å². The summed E-state index contributed by atoms with van der Waals surface area (Å²) >= 11 is 6.20. The normalized spacial score (nSPS) is 13.3. The van der Waals surface area contributed by atoms with E-state index in [4.69, 9.17) is 32.0 Å².